The van der Waals surface area contributed by atoms with Crippen LogP contribution in [-0.2, 0) is 15.8 Å². The highest BCUT2D eigenvalue weighted by atomic mass is 79.9. The molecule has 1 aromatic carbocycles. The Hall–Kier alpha value is -1.12. The summed E-state index contributed by atoms with van der Waals surface area (Å²) in [7, 11) is 2.61. The molecule has 0 aliphatic carbocycles. The van der Waals surface area contributed by atoms with Crippen molar-refractivity contribution in [2.45, 2.75) is 18.7 Å². The molecular formula is C12H13BrF3NO3. The third kappa shape index (κ3) is 4.46. The van der Waals surface area contributed by atoms with Gasteiger partial charge in [0.1, 0.15) is 0 Å². The molecule has 1 rings (SSSR count). The van der Waals surface area contributed by atoms with Crippen LogP contribution in [-0.4, -0.2) is 30.2 Å². The number of rotatable bonds is 4. The van der Waals surface area contributed by atoms with Crippen LogP contribution in [0.15, 0.2) is 22.7 Å². The first kappa shape index (κ1) is 16.9. The third-order valence-corrected chi connectivity index (χ3v) is 3.08. The van der Waals surface area contributed by atoms with Crippen molar-refractivity contribution in [3.05, 3.63) is 33.8 Å². The van der Waals surface area contributed by atoms with Gasteiger partial charge in [-0.1, -0.05) is 15.9 Å². The summed E-state index contributed by atoms with van der Waals surface area (Å²) in [4.78, 5) is 16.2. The van der Waals surface area contributed by atoms with Crippen LogP contribution in [0.1, 0.15) is 23.7 Å². The van der Waals surface area contributed by atoms with Crippen LogP contribution in [0.25, 0.3) is 0 Å². The van der Waals surface area contributed by atoms with Crippen LogP contribution < -0.4 is 0 Å². The lowest BCUT2D eigenvalue weighted by molar-refractivity contribution is -0.170. The summed E-state index contributed by atoms with van der Waals surface area (Å²) in [5, 5.41) is 10.8. The molecule has 1 N–H and O–H groups in total. The molecule has 0 aromatic heterocycles. The second-order valence-corrected chi connectivity index (χ2v) is 4.98. The minimum atomic E-state index is -4.52. The summed E-state index contributed by atoms with van der Waals surface area (Å²) in [5.41, 5.74) is -0.891. The fourth-order valence-corrected chi connectivity index (χ4v) is 1.99. The fraction of sp³-hybridized carbons (Fsp3) is 0.417. The van der Waals surface area contributed by atoms with E-state index < -0.39 is 23.8 Å². The Kier molecular flexibility index (Phi) is 5.55. The molecule has 0 spiro atoms. The summed E-state index contributed by atoms with van der Waals surface area (Å²) in [6.07, 6.45) is -6.25. The van der Waals surface area contributed by atoms with Crippen molar-refractivity contribution in [1.82, 2.24) is 5.06 Å². The number of hydrogen-bond acceptors (Lipinski definition) is 3. The maximum Gasteiger partial charge on any atom is 0.416 e. The van der Waals surface area contributed by atoms with Gasteiger partial charge in [0, 0.05) is 11.5 Å². The first-order valence-corrected chi connectivity index (χ1v) is 6.31. The Morgan fingerprint density at radius 2 is 2.05 bits per heavy atom. The zero-order valence-electron chi connectivity index (χ0n) is 10.7. The molecule has 1 amide bonds. The quantitative estimate of drug-likeness (QED) is 0.844. The number of hydrogen-bond donors (Lipinski definition) is 1. The van der Waals surface area contributed by atoms with Gasteiger partial charge in [-0.15, -0.1) is 0 Å². The van der Waals surface area contributed by atoms with Gasteiger partial charge in [0.15, 0.2) is 0 Å². The van der Waals surface area contributed by atoms with Crippen LogP contribution >= 0.6 is 15.9 Å². The Bertz CT molecular complexity index is 493. The monoisotopic (exact) mass is 355 g/mol. The number of amides is 1. The molecular weight excluding hydrogens is 343 g/mol. The number of halogens is 4. The first-order chi connectivity index (χ1) is 9.15. The van der Waals surface area contributed by atoms with Crippen LogP contribution in [0, 0.1) is 0 Å². The van der Waals surface area contributed by atoms with Gasteiger partial charge in [0.05, 0.1) is 25.2 Å². The van der Waals surface area contributed by atoms with Gasteiger partial charge in [-0.25, -0.2) is 5.06 Å². The van der Waals surface area contributed by atoms with Gasteiger partial charge >= 0.3 is 6.18 Å². The van der Waals surface area contributed by atoms with E-state index >= 15 is 0 Å². The number of alkyl halides is 3. The van der Waals surface area contributed by atoms with Gasteiger partial charge in [0.2, 0.25) is 5.91 Å². The van der Waals surface area contributed by atoms with Gasteiger partial charge in [0.25, 0.3) is 0 Å². The predicted octanol–water partition coefficient (Wildman–Crippen LogP) is 2.91. The molecule has 0 saturated carbocycles. The van der Waals surface area contributed by atoms with E-state index in [-0.39, 0.29) is 16.5 Å². The smallest absolute Gasteiger partial charge is 0.388 e. The van der Waals surface area contributed by atoms with Gasteiger partial charge in [-0.05, 0) is 23.8 Å². The largest absolute Gasteiger partial charge is 0.416 e. The number of carbonyl (C=O) groups is 1. The van der Waals surface area contributed by atoms with Crippen molar-refractivity contribution in [2.75, 3.05) is 14.2 Å². The van der Waals surface area contributed by atoms with E-state index in [4.69, 9.17) is 0 Å². The van der Waals surface area contributed by atoms with Crippen LogP contribution in [0.2, 0.25) is 0 Å². The molecule has 0 aliphatic heterocycles. The summed E-state index contributed by atoms with van der Waals surface area (Å²) in [6.45, 7) is 0. The summed E-state index contributed by atoms with van der Waals surface area (Å²) in [6, 6.07) is 3.05. The molecule has 1 unspecified atom stereocenters. The average molecular weight is 356 g/mol. The number of nitrogens with zero attached hydrogens (tertiary/aromatic N) is 1. The Morgan fingerprint density at radius 1 is 1.45 bits per heavy atom. The molecule has 0 fully saturated rings. The summed E-state index contributed by atoms with van der Waals surface area (Å²) >= 11 is 2.95. The maximum absolute atomic E-state index is 12.7. The van der Waals surface area contributed by atoms with E-state index in [0.29, 0.717) is 0 Å². The van der Waals surface area contributed by atoms with E-state index in [1.165, 1.54) is 20.2 Å². The topological polar surface area (TPSA) is 49.8 Å². The van der Waals surface area contributed by atoms with Crippen molar-refractivity contribution >= 4 is 21.8 Å². The number of hydroxylamine groups is 2. The average Bonchev–Trinajstić information content (AvgIpc) is 2.35. The van der Waals surface area contributed by atoms with Gasteiger partial charge in [-0.2, -0.15) is 13.2 Å². The Morgan fingerprint density at radius 3 is 2.55 bits per heavy atom. The molecule has 0 radical (unpaired) electrons. The Balaban J connectivity index is 2.96. The highest BCUT2D eigenvalue weighted by Crippen LogP contribution is 2.34. The first-order valence-electron chi connectivity index (χ1n) is 5.51. The fourth-order valence-electron chi connectivity index (χ4n) is 1.48. The molecule has 0 saturated heterocycles. The van der Waals surface area contributed by atoms with Crippen molar-refractivity contribution in [3.8, 4) is 0 Å². The number of aliphatic hydroxyl groups is 1. The molecule has 0 bridgehead atoms. The van der Waals surface area contributed by atoms with Crippen molar-refractivity contribution in [3.63, 3.8) is 0 Å². The highest BCUT2D eigenvalue weighted by molar-refractivity contribution is 9.10. The molecule has 1 aromatic rings. The normalized spacial score (nSPS) is 13.2. The summed E-state index contributed by atoms with van der Waals surface area (Å²) in [5.74, 6) is -0.548. The number of benzene rings is 1. The van der Waals surface area contributed by atoms with Crippen molar-refractivity contribution < 1.29 is 27.9 Å². The molecule has 112 valence electrons. The van der Waals surface area contributed by atoms with Crippen molar-refractivity contribution in [1.29, 1.82) is 0 Å². The molecule has 0 aliphatic rings. The van der Waals surface area contributed by atoms with Crippen molar-refractivity contribution in [2.24, 2.45) is 0 Å². The maximum atomic E-state index is 12.7. The Labute approximate surface area is 122 Å². The lowest BCUT2D eigenvalue weighted by Gasteiger charge is -2.18. The second kappa shape index (κ2) is 6.55. The number of carbonyl (C=O) groups excluding carboxylic acids is 1. The highest BCUT2D eigenvalue weighted by Gasteiger charge is 2.31. The molecule has 0 heterocycles. The number of aliphatic hydroxyl groups excluding tert-OH is 1. The molecule has 8 heteroatoms. The minimum Gasteiger partial charge on any atom is -0.388 e. The molecule has 20 heavy (non-hydrogen) atoms. The zero-order valence-corrected chi connectivity index (χ0v) is 12.3. The standard InChI is InChI=1S/C12H13BrF3NO3/c1-17(20-2)11(19)6-10(18)7-3-8(12(14,15)16)5-9(13)4-7/h3-5,10,18H,6H2,1-2H3. The summed E-state index contributed by atoms with van der Waals surface area (Å²) < 4.78 is 38.2. The van der Waals surface area contributed by atoms with Gasteiger partial charge in [-0.3, -0.25) is 9.63 Å². The van der Waals surface area contributed by atoms with E-state index in [1.54, 1.807) is 0 Å². The van der Waals surface area contributed by atoms with E-state index in [9.17, 15) is 23.1 Å². The van der Waals surface area contributed by atoms with Crippen LogP contribution in [0.3, 0.4) is 0 Å². The minimum absolute atomic E-state index is 0.00422. The SMILES string of the molecule is CON(C)C(=O)CC(O)c1cc(Br)cc(C(F)(F)F)c1. The van der Waals surface area contributed by atoms with E-state index in [0.717, 1.165) is 17.2 Å². The zero-order chi connectivity index (χ0) is 15.5. The van der Waals surface area contributed by atoms with E-state index in [2.05, 4.69) is 20.8 Å². The molecule has 1 atom stereocenters. The van der Waals surface area contributed by atoms with E-state index in [1.807, 2.05) is 0 Å². The lowest BCUT2D eigenvalue weighted by atomic mass is 10.0. The third-order valence-electron chi connectivity index (χ3n) is 2.63. The molecule has 4 nitrogen and oxygen atoms in total. The second-order valence-electron chi connectivity index (χ2n) is 4.06. The van der Waals surface area contributed by atoms with Crippen LogP contribution in [0.5, 0.6) is 0 Å². The predicted molar refractivity (Wildman–Crippen MR) is 68.5 cm³/mol. The van der Waals surface area contributed by atoms with Gasteiger partial charge < -0.3 is 5.11 Å². The lowest BCUT2D eigenvalue weighted by Crippen LogP contribution is -2.26. The van der Waals surface area contributed by atoms with Crippen LogP contribution in [0.4, 0.5) is 13.2 Å².